The van der Waals surface area contributed by atoms with E-state index in [1.165, 1.54) is 0 Å². The van der Waals surface area contributed by atoms with Crippen LogP contribution in [0.5, 0.6) is 5.75 Å². The normalized spacial score (nSPS) is 11.6. The van der Waals surface area contributed by atoms with E-state index in [9.17, 15) is 30.7 Å². The molecule has 12 heteroatoms. The Balaban J connectivity index is 2.17. The minimum atomic E-state index is -2.14. The van der Waals surface area contributed by atoms with E-state index >= 15 is 17.6 Å². The van der Waals surface area contributed by atoms with Crippen molar-refractivity contribution in [3.8, 4) is 28.0 Å². The SMILES string of the molecule is COc1c(F)c(F)c(-c2c3ccc(F)cc3c(-c3c(F)c(F)cc(F)c3F)c3c(F)ccc(F)c23)c(F)c1F. The molecule has 0 aliphatic rings. The Morgan fingerprint density at radius 2 is 0.897 bits per heavy atom. The molecule has 5 aromatic rings. The Labute approximate surface area is 210 Å². The minimum Gasteiger partial charge on any atom is -0.491 e. The van der Waals surface area contributed by atoms with Gasteiger partial charge in [-0.05, 0) is 35.0 Å². The van der Waals surface area contributed by atoms with Gasteiger partial charge in [0.05, 0.1) is 18.2 Å². The molecular weight excluding hydrogens is 549 g/mol. The summed E-state index contributed by atoms with van der Waals surface area (Å²) in [5.74, 6) is -22.3. The summed E-state index contributed by atoms with van der Waals surface area (Å²) in [5.41, 5.74) is -5.43. The van der Waals surface area contributed by atoms with E-state index in [1.807, 2.05) is 0 Å². The fraction of sp³-hybridized carbons (Fsp3) is 0.0370. The zero-order valence-electron chi connectivity index (χ0n) is 19.0. The quantitative estimate of drug-likeness (QED) is 0.122. The molecule has 0 fully saturated rings. The maximum absolute atomic E-state index is 15.4. The topological polar surface area (TPSA) is 9.23 Å². The van der Waals surface area contributed by atoms with E-state index in [2.05, 4.69) is 4.74 Å². The van der Waals surface area contributed by atoms with Crippen molar-refractivity contribution in [3.63, 3.8) is 0 Å². The van der Waals surface area contributed by atoms with Crippen molar-refractivity contribution in [1.29, 1.82) is 0 Å². The number of hydrogen-bond acceptors (Lipinski definition) is 1. The molecule has 0 saturated carbocycles. The van der Waals surface area contributed by atoms with Crippen LogP contribution in [0.3, 0.4) is 0 Å². The second-order valence-electron chi connectivity index (χ2n) is 8.23. The Hall–Kier alpha value is -4.35. The van der Waals surface area contributed by atoms with Gasteiger partial charge < -0.3 is 4.74 Å². The second-order valence-corrected chi connectivity index (χ2v) is 8.23. The van der Waals surface area contributed by atoms with Gasteiger partial charge in [0, 0.05) is 28.0 Å². The molecule has 0 amide bonds. The van der Waals surface area contributed by atoms with Crippen LogP contribution in [-0.4, -0.2) is 7.11 Å². The van der Waals surface area contributed by atoms with Crippen LogP contribution >= 0.6 is 0 Å². The average Bonchev–Trinajstić information content (AvgIpc) is 2.89. The first-order chi connectivity index (χ1) is 18.4. The Kier molecular flexibility index (Phi) is 6.15. The molecular formula is C27H9F11O. The van der Waals surface area contributed by atoms with Crippen molar-refractivity contribution in [3.05, 3.63) is 100 Å². The van der Waals surface area contributed by atoms with E-state index in [0.29, 0.717) is 37.4 Å². The van der Waals surface area contributed by atoms with Crippen LogP contribution in [-0.2, 0) is 0 Å². The summed E-state index contributed by atoms with van der Waals surface area (Å²) in [6.45, 7) is 0. The Morgan fingerprint density at radius 3 is 1.38 bits per heavy atom. The van der Waals surface area contributed by atoms with Gasteiger partial charge in [0.2, 0.25) is 11.6 Å². The van der Waals surface area contributed by atoms with Crippen LogP contribution in [0, 0.1) is 64.0 Å². The van der Waals surface area contributed by atoms with E-state index in [4.69, 9.17) is 0 Å². The van der Waals surface area contributed by atoms with Crippen molar-refractivity contribution in [1.82, 2.24) is 0 Å². The van der Waals surface area contributed by atoms with E-state index in [1.54, 1.807) is 0 Å². The molecule has 0 N–H and O–H groups in total. The fourth-order valence-electron chi connectivity index (χ4n) is 4.57. The van der Waals surface area contributed by atoms with Crippen LogP contribution in [0.25, 0.3) is 43.8 Å². The summed E-state index contributed by atoms with van der Waals surface area (Å²) in [6.07, 6.45) is 0. The molecule has 0 saturated heterocycles. The zero-order valence-corrected chi connectivity index (χ0v) is 19.0. The number of ether oxygens (including phenoxy) is 1. The highest BCUT2D eigenvalue weighted by Crippen LogP contribution is 2.49. The number of methoxy groups -OCH3 is 1. The lowest BCUT2D eigenvalue weighted by Crippen LogP contribution is -2.06. The molecule has 0 atom stereocenters. The molecule has 0 heterocycles. The van der Waals surface area contributed by atoms with Crippen molar-refractivity contribution < 1.29 is 53.0 Å². The molecule has 200 valence electrons. The fourth-order valence-corrected chi connectivity index (χ4v) is 4.57. The number of rotatable bonds is 3. The van der Waals surface area contributed by atoms with Crippen molar-refractivity contribution in [2.45, 2.75) is 0 Å². The maximum Gasteiger partial charge on any atom is 0.204 e. The largest absolute Gasteiger partial charge is 0.491 e. The van der Waals surface area contributed by atoms with Gasteiger partial charge in [0.25, 0.3) is 0 Å². The molecule has 5 rings (SSSR count). The summed E-state index contributed by atoms with van der Waals surface area (Å²) in [4.78, 5) is 0. The number of halogens is 11. The van der Waals surface area contributed by atoms with Crippen LogP contribution in [0.1, 0.15) is 0 Å². The van der Waals surface area contributed by atoms with Crippen LogP contribution in [0.15, 0.2) is 36.4 Å². The third-order valence-electron chi connectivity index (χ3n) is 6.16. The van der Waals surface area contributed by atoms with Crippen LogP contribution in [0.2, 0.25) is 0 Å². The molecule has 0 aromatic heterocycles. The van der Waals surface area contributed by atoms with E-state index < -0.39 is 114 Å². The molecule has 1 nitrogen and oxygen atoms in total. The lowest BCUT2D eigenvalue weighted by Gasteiger charge is -2.20. The Bertz CT molecular complexity index is 1810. The van der Waals surface area contributed by atoms with Gasteiger partial charge in [-0.15, -0.1) is 0 Å². The van der Waals surface area contributed by atoms with Gasteiger partial charge in [-0.1, -0.05) is 6.07 Å². The maximum atomic E-state index is 15.4. The number of hydrogen-bond donors (Lipinski definition) is 0. The molecule has 39 heavy (non-hydrogen) atoms. The zero-order chi connectivity index (χ0) is 28.5. The van der Waals surface area contributed by atoms with Gasteiger partial charge >= 0.3 is 0 Å². The summed E-state index contributed by atoms with van der Waals surface area (Å²) in [5, 5.41) is -3.95. The molecule has 0 bridgehead atoms. The van der Waals surface area contributed by atoms with Crippen LogP contribution in [0.4, 0.5) is 48.3 Å². The number of fused-ring (bicyclic) bond motifs is 2. The van der Waals surface area contributed by atoms with Crippen molar-refractivity contribution >= 4 is 21.5 Å². The molecule has 0 unspecified atom stereocenters. The first-order valence-electron chi connectivity index (χ1n) is 10.7. The summed E-state index contributed by atoms with van der Waals surface area (Å²) < 4.78 is 167. The highest BCUT2D eigenvalue weighted by atomic mass is 19.2. The monoisotopic (exact) mass is 558 g/mol. The third-order valence-corrected chi connectivity index (χ3v) is 6.16. The Morgan fingerprint density at radius 1 is 0.436 bits per heavy atom. The summed E-state index contributed by atoms with van der Waals surface area (Å²) in [7, 11) is 0.693. The van der Waals surface area contributed by atoms with Gasteiger partial charge in [0.1, 0.15) is 17.5 Å². The molecule has 0 radical (unpaired) electrons. The lowest BCUT2D eigenvalue weighted by molar-refractivity contribution is 0.334. The van der Waals surface area contributed by atoms with Gasteiger partial charge in [-0.25, -0.2) is 39.5 Å². The van der Waals surface area contributed by atoms with E-state index in [0.717, 1.165) is 0 Å². The summed E-state index contributed by atoms with van der Waals surface area (Å²) in [6, 6.07) is 2.43. The number of benzene rings is 5. The highest BCUT2D eigenvalue weighted by molar-refractivity contribution is 6.22. The van der Waals surface area contributed by atoms with Crippen molar-refractivity contribution in [2.24, 2.45) is 0 Å². The van der Waals surface area contributed by atoms with Gasteiger partial charge in [0.15, 0.2) is 40.7 Å². The van der Waals surface area contributed by atoms with Gasteiger partial charge in [-0.2, -0.15) is 8.78 Å². The van der Waals surface area contributed by atoms with Gasteiger partial charge in [-0.3, -0.25) is 0 Å². The molecule has 0 aliphatic carbocycles. The smallest absolute Gasteiger partial charge is 0.204 e. The van der Waals surface area contributed by atoms with E-state index in [-0.39, 0.29) is 6.07 Å². The minimum absolute atomic E-state index is 0.169. The first-order valence-corrected chi connectivity index (χ1v) is 10.7. The predicted octanol–water partition coefficient (Wildman–Crippen LogP) is 8.87. The third kappa shape index (κ3) is 3.68. The first kappa shape index (κ1) is 26.3. The highest BCUT2D eigenvalue weighted by Gasteiger charge is 2.33. The second kappa shape index (κ2) is 9.14. The summed E-state index contributed by atoms with van der Waals surface area (Å²) >= 11 is 0. The van der Waals surface area contributed by atoms with Crippen molar-refractivity contribution in [2.75, 3.05) is 7.11 Å². The average molecular weight is 558 g/mol. The molecule has 0 aliphatic heterocycles. The standard InChI is InChI=1S/C27H9F11O/c1-39-27-25(37)23(35)20(24(36)26(27)38)15-9-3-2-8(28)6-10(9)16(18-12(30)5-4-11(29)17(15)18)19-21(33)13(31)7-14(32)22(19)34/h2-7H,1H3. The molecule has 0 spiro atoms. The predicted molar refractivity (Wildman–Crippen MR) is 118 cm³/mol. The van der Waals surface area contributed by atoms with Crippen LogP contribution < -0.4 is 4.74 Å². The molecule has 5 aromatic carbocycles. The lowest BCUT2D eigenvalue weighted by atomic mass is 9.84.